The first-order valence-corrected chi connectivity index (χ1v) is 6.14. The summed E-state index contributed by atoms with van der Waals surface area (Å²) in [4.78, 5) is 3.89. The third-order valence-corrected chi connectivity index (χ3v) is 2.79. The number of halogens is 2. The number of nitrogens with zero attached hydrogens (tertiary/aromatic N) is 3. The molecule has 106 valence electrons. The molecule has 0 atom stereocenters. The number of nitrogens with one attached hydrogen (secondary N) is 1. The lowest BCUT2D eigenvalue weighted by molar-refractivity contribution is 0.571. The minimum atomic E-state index is -0.504. The molecule has 1 N–H and O–H groups in total. The van der Waals surface area contributed by atoms with Crippen molar-refractivity contribution in [1.82, 2.24) is 15.2 Å². The summed E-state index contributed by atoms with van der Waals surface area (Å²) in [6.07, 6.45) is 3.21. The van der Waals surface area contributed by atoms with E-state index < -0.39 is 11.6 Å². The fourth-order valence-electron chi connectivity index (χ4n) is 1.76. The Kier molecular flexibility index (Phi) is 3.55. The third-order valence-electron chi connectivity index (χ3n) is 2.79. The van der Waals surface area contributed by atoms with Gasteiger partial charge in [-0.25, -0.2) is 8.78 Å². The number of hydrogen-bond donors (Lipinski definition) is 1. The number of anilines is 1. The summed E-state index contributed by atoms with van der Waals surface area (Å²) in [7, 11) is 0. The monoisotopic (exact) mass is 288 g/mol. The fraction of sp³-hybridized carbons (Fsp3) is 0.0714. The highest BCUT2D eigenvalue weighted by Gasteiger charge is 2.09. The number of aromatic nitrogens is 3. The van der Waals surface area contributed by atoms with Gasteiger partial charge in [0.1, 0.15) is 11.6 Å². The fourth-order valence-corrected chi connectivity index (χ4v) is 1.76. The van der Waals surface area contributed by atoms with E-state index in [1.54, 1.807) is 24.5 Å². The lowest BCUT2D eigenvalue weighted by Gasteiger charge is -2.03. The van der Waals surface area contributed by atoms with Crippen LogP contribution in [0, 0.1) is 11.6 Å². The molecule has 7 heteroatoms. The van der Waals surface area contributed by atoms with Gasteiger partial charge in [-0.05, 0) is 30.3 Å². The van der Waals surface area contributed by atoms with Crippen LogP contribution >= 0.6 is 0 Å². The Morgan fingerprint density at radius 3 is 2.67 bits per heavy atom. The van der Waals surface area contributed by atoms with E-state index in [4.69, 9.17) is 4.42 Å². The van der Waals surface area contributed by atoms with Gasteiger partial charge in [0.25, 0.3) is 0 Å². The van der Waals surface area contributed by atoms with Crippen molar-refractivity contribution >= 4 is 6.01 Å². The van der Waals surface area contributed by atoms with E-state index in [0.29, 0.717) is 5.89 Å². The molecule has 0 radical (unpaired) electrons. The van der Waals surface area contributed by atoms with Gasteiger partial charge in [-0.2, -0.15) is 0 Å². The molecule has 0 spiro atoms. The van der Waals surface area contributed by atoms with Crippen LogP contribution in [-0.4, -0.2) is 15.2 Å². The molecule has 0 fully saturated rings. The molecule has 0 amide bonds. The molecule has 2 heterocycles. The normalized spacial score (nSPS) is 10.6. The van der Waals surface area contributed by atoms with E-state index in [-0.39, 0.29) is 18.1 Å². The first-order chi connectivity index (χ1) is 10.2. The van der Waals surface area contributed by atoms with Gasteiger partial charge in [-0.1, -0.05) is 5.10 Å². The molecule has 0 bridgehead atoms. The van der Waals surface area contributed by atoms with Crippen LogP contribution in [0.5, 0.6) is 0 Å². The molecule has 0 unspecified atom stereocenters. The molecule has 3 aromatic rings. The van der Waals surface area contributed by atoms with Crippen molar-refractivity contribution in [2.45, 2.75) is 6.54 Å². The Morgan fingerprint density at radius 1 is 1.05 bits per heavy atom. The van der Waals surface area contributed by atoms with Crippen LogP contribution in [0.4, 0.5) is 14.8 Å². The molecular formula is C14H10F2N4O. The second-order valence-corrected chi connectivity index (χ2v) is 4.24. The summed E-state index contributed by atoms with van der Waals surface area (Å²) in [5, 5.41) is 10.4. The maximum absolute atomic E-state index is 13.5. The van der Waals surface area contributed by atoms with Crippen molar-refractivity contribution in [2.75, 3.05) is 5.32 Å². The van der Waals surface area contributed by atoms with Crippen molar-refractivity contribution in [2.24, 2.45) is 0 Å². The third kappa shape index (κ3) is 3.02. The topological polar surface area (TPSA) is 63.8 Å². The van der Waals surface area contributed by atoms with E-state index in [0.717, 1.165) is 23.8 Å². The molecule has 3 rings (SSSR count). The lowest BCUT2D eigenvalue weighted by Crippen LogP contribution is -2.02. The van der Waals surface area contributed by atoms with E-state index in [1.807, 2.05) is 0 Å². The summed E-state index contributed by atoms with van der Waals surface area (Å²) < 4.78 is 31.9. The summed E-state index contributed by atoms with van der Waals surface area (Å²) in [5.74, 6) is -0.686. The zero-order chi connectivity index (χ0) is 14.7. The van der Waals surface area contributed by atoms with Crippen LogP contribution in [0.15, 0.2) is 47.1 Å². The highest BCUT2D eigenvalue weighted by Crippen LogP contribution is 2.19. The number of hydrogen-bond acceptors (Lipinski definition) is 5. The van der Waals surface area contributed by atoms with Crippen LogP contribution in [-0.2, 0) is 6.54 Å². The SMILES string of the molecule is Fc1ccc(F)c(CNc2nnc(-c3ccncc3)o2)c1. The standard InChI is InChI=1S/C14H10F2N4O/c15-11-1-2-12(16)10(7-11)8-18-14-20-19-13(21-14)9-3-5-17-6-4-9/h1-7H,8H2,(H,18,20). The average Bonchev–Trinajstić information content (AvgIpc) is 2.98. The quantitative estimate of drug-likeness (QED) is 0.799. The average molecular weight is 288 g/mol. The smallest absolute Gasteiger partial charge is 0.316 e. The maximum Gasteiger partial charge on any atom is 0.316 e. The largest absolute Gasteiger partial charge is 0.403 e. The first kappa shape index (κ1) is 13.2. The van der Waals surface area contributed by atoms with Gasteiger partial charge in [-0.15, -0.1) is 5.10 Å². The predicted molar refractivity (Wildman–Crippen MR) is 71.2 cm³/mol. The molecule has 2 aromatic heterocycles. The highest BCUT2D eigenvalue weighted by molar-refractivity contribution is 5.51. The molecule has 0 saturated heterocycles. The molecule has 1 aromatic carbocycles. The maximum atomic E-state index is 13.5. The molecule has 0 aliphatic heterocycles. The van der Waals surface area contributed by atoms with Crippen LogP contribution in [0.3, 0.4) is 0 Å². The molecule has 5 nitrogen and oxygen atoms in total. The van der Waals surface area contributed by atoms with Gasteiger partial charge in [0, 0.05) is 30.1 Å². The molecule has 0 aliphatic rings. The van der Waals surface area contributed by atoms with Crippen molar-refractivity contribution in [1.29, 1.82) is 0 Å². The van der Waals surface area contributed by atoms with Gasteiger partial charge >= 0.3 is 6.01 Å². The highest BCUT2D eigenvalue weighted by atomic mass is 19.1. The Morgan fingerprint density at radius 2 is 1.86 bits per heavy atom. The van der Waals surface area contributed by atoms with Gasteiger partial charge < -0.3 is 9.73 Å². The Hall–Kier alpha value is -2.83. The van der Waals surface area contributed by atoms with Crippen LogP contribution in [0.2, 0.25) is 0 Å². The molecular weight excluding hydrogens is 278 g/mol. The predicted octanol–water partition coefficient (Wildman–Crippen LogP) is 3.02. The molecule has 21 heavy (non-hydrogen) atoms. The Balaban J connectivity index is 1.72. The van der Waals surface area contributed by atoms with Crippen LogP contribution in [0.25, 0.3) is 11.5 Å². The van der Waals surface area contributed by atoms with Crippen molar-refractivity contribution in [3.8, 4) is 11.5 Å². The Bertz CT molecular complexity index is 746. The molecule has 0 saturated carbocycles. The van der Waals surface area contributed by atoms with E-state index in [1.165, 1.54) is 0 Å². The lowest BCUT2D eigenvalue weighted by atomic mass is 10.2. The van der Waals surface area contributed by atoms with Crippen LogP contribution in [0.1, 0.15) is 5.56 Å². The van der Waals surface area contributed by atoms with Crippen molar-refractivity contribution in [3.05, 3.63) is 59.9 Å². The van der Waals surface area contributed by atoms with Crippen LogP contribution < -0.4 is 5.32 Å². The summed E-state index contributed by atoms with van der Waals surface area (Å²) in [6, 6.07) is 6.83. The summed E-state index contributed by atoms with van der Waals surface area (Å²) in [6.45, 7) is 0.0432. The van der Waals surface area contributed by atoms with Gasteiger partial charge in [0.05, 0.1) is 0 Å². The number of rotatable bonds is 4. The second-order valence-electron chi connectivity index (χ2n) is 4.24. The minimum absolute atomic E-state index is 0.0432. The molecule has 0 aliphatic carbocycles. The summed E-state index contributed by atoms with van der Waals surface area (Å²) in [5.41, 5.74) is 0.904. The van der Waals surface area contributed by atoms with E-state index in [9.17, 15) is 8.78 Å². The Labute approximate surface area is 118 Å². The van der Waals surface area contributed by atoms with Gasteiger partial charge in [0.2, 0.25) is 5.89 Å². The van der Waals surface area contributed by atoms with Gasteiger partial charge in [0.15, 0.2) is 0 Å². The zero-order valence-corrected chi connectivity index (χ0v) is 10.8. The zero-order valence-electron chi connectivity index (χ0n) is 10.8. The number of pyridine rings is 1. The van der Waals surface area contributed by atoms with Crippen molar-refractivity contribution < 1.29 is 13.2 Å². The van der Waals surface area contributed by atoms with Crippen molar-refractivity contribution in [3.63, 3.8) is 0 Å². The van der Waals surface area contributed by atoms with E-state index in [2.05, 4.69) is 20.5 Å². The first-order valence-electron chi connectivity index (χ1n) is 6.14. The van der Waals surface area contributed by atoms with Gasteiger partial charge in [-0.3, -0.25) is 4.98 Å². The second kappa shape index (κ2) is 5.66. The summed E-state index contributed by atoms with van der Waals surface area (Å²) >= 11 is 0. The number of benzene rings is 1. The van der Waals surface area contributed by atoms with E-state index >= 15 is 0 Å². The minimum Gasteiger partial charge on any atom is -0.403 e.